The van der Waals surface area contributed by atoms with E-state index in [4.69, 9.17) is 5.73 Å². The summed E-state index contributed by atoms with van der Waals surface area (Å²) in [6, 6.07) is 11.9. The number of anilines is 1. The molecule has 1 fully saturated rings. The van der Waals surface area contributed by atoms with Gasteiger partial charge in [0.05, 0.1) is 11.7 Å². The summed E-state index contributed by atoms with van der Waals surface area (Å²) < 4.78 is 1.86. The Bertz CT molecular complexity index is 988. The van der Waals surface area contributed by atoms with Crippen LogP contribution in [0.15, 0.2) is 42.6 Å². The number of amides is 1. The summed E-state index contributed by atoms with van der Waals surface area (Å²) in [6.45, 7) is 4.27. The Labute approximate surface area is 165 Å². The maximum atomic E-state index is 11.7. The molecule has 0 spiro atoms. The molecule has 1 saturated heterocycles. The zero-order valence-corrected chi connectivity index (χ0v) is 16.3. The van der Waals surface area contributed by atoms with Crippen LogP contribution in [0.2, 0.25) is 0 Å². The Kier molecular flexibility index (Phi) is 5.30. The van der Waals surface area contributed by atoms with Crippen LogP contribution in [-0.4, -0.2) is 46.8 Å². The van der Waals surface area contributed by atoms with Gasteiger partial charge < -0.3 is 16.0 Å². The number of carbonyl (C=O) groups excluding carboxylic acids is 1. The molecule has 1 amide bonds. The highest BCUT2D eigenvalue weighted by atomic mass is 16.1. The molecule has 146 valence electrons. The van der Waals surface area contributed by atoms with E-state index in [-0.39, 0.29) is 0 Å². The molecule has 1 aliphatic heterocycles. The quantitative estimate of drug-likeness (QED) is 0.691. The van der Waals surface area contributed by atoms with Gasteiger partial charge in [0.15, 0.2) is 0 Å². The Morgan fingerprint density at radius 3 is 2.75 bits per heavy atom. The van der Waals surface area contributed by atoms with Crippen LogP contribution in [0.4, 0.5) is 5.69 Å². The fraction of sp³-hybridized carbons (Fsp3) is 0.364. The summed E-state index contributed by atoms with van der Waals surface area (Å²) >= 11 is 0. The summed E-state index contributed by atoms with van der Waals surface area (Å²) in [4.78, 5) is 14.2. The van der Waals surface area contributed by atoms with Crippen molar-refractivity contribution in [2.45, 2.75) is 19.3 Å². The zero-order chi connectivity index (χ0) is 19.5. The van der Waals surface area contributed by atoms with Gasteiger partial charge in [0.2, 0.25) is 5.91 Å². The number of carbonyl (C=O) groups is 1. The van der Waals surface area contributed by atoms with Crippen molar-refractivity contribution < 1.29 is 4.79 Å². The number of nitrogens with one attached hydrogen (secondary N) is 1. The van der Waals surface area contributed by atoms with Crippen LogP contribution in [0, 0.1) is 0 Å². The van der Waals surface area contributed by atoms with Gasteiger partial charge in [-0.25, -0.2) is 0 Å². The Hall–Kier alpha value is -2.86. The number of aromatic nitrogens is 2. The molecule has 1 aliphatic rings. The predicted octanol–water partition coefficient (Wildman–Crippen LogP) is 3.24. The smallest absolute Gasteiger partial charge is 0.248 e. The van der Waals surface area contributed by atoms with Crippen LogP contribution in [-0.2, 0) is 7.05 Å². The highest BCUT2D eigenvalue weighted by Crippen LogP contribution is 2.31. The molecule has 4 rings (SSSR count). The molecule has 2 aromatic carbocycles. The number of fused-ring (bicyclic) bond motifs is 1. The van der Waals surface area contributed by atoms with E-state index < -0.39 is 5.91 Å². The highest BCUT2D eigenvalue weighted by molar-refractivity contribution is 5.96. The normalized spacial score (nSPS) is 15.0. The highest BCUT2D eigenvalue weighted by Gasteiger charge is 2.13. The van der Waals surface area contributed by atoms with Crippen LogP contribution in [0.25, 0.3) is 22.0 Å². The minimum Gasteiger partial charge on any atom is -0.383 e. The maximum absolute atomic E-state index is 11.7. The third-order valence-corrected chi connectivity index (χ3v) is 5.55. The van der Waals surface area contributed by atoms with Gasteiger partial charge in [-0.2, -0.15) is 5.10 Å². The molecule has 1 aromatic heterocycles. The van der Waals surface area contributed by atoms with Crippen molar-refractivity contribution in [3.05, 3.63) is 48.2 Å². The van der Waals surface area contributed by atoms with E-state index in [9.17, 15) is 4.79 Å². The number of hydrogen-bond donors (Lipinski definition) is 2. The van der Waals surface area contributed by atoms with Crippen LogP contribution in [0.1, 0.15) is 29.6 Å². The van der Waals surface area contributed by atoms with Gasteiger partial charge in [0.25, 0.3) is 0 Å². The number of benzene rings is 2. The van der Waals surface area contributed by atoms with Crippen molar-refractivity contribution in [1.82, 2.24) is 14.7 Å². The topological polar surface area (TPSA) is 76.2 Å². The van der Waals surface area contributed by atoms with Crippen molar-refractivity contribution in [3.8, 4) is 11.1 Å². The summed E-state index contributed by atoms with van der Waals surface area (Å²) in [6.07, 6.45) is 5.80. The number of nitrogens with zero attached hydrogens (tertiary/aromatic N) is 3. The van der Waals surface area contributed by atoms with Gasteiger partial charge in [-0.05, 0) is 61.8 Å². The Morgan fingerprint density at radius 1 is 1.14 bits per heavy atom. The average Bonchev–Trinajstić information content (AvgIpc) is 3.09. The summed E-state index contributed by atoms with van der Waals surface area (Å²) in [5.74, 6) is -0.413. The number of nitrogens with two attached hydrogens (primary N) is 1. The van der Waals surface area contributed by atoms with Crippen LogP contribution >= 0.6 is 0 Å². The fourth-order valence-electron chi connectivity index (χ4n) is 3.95. The van der Waals surface area contributed by atoms with Gasteiger partial charge in [0.1, 0.15) is 0 Å². The molecule has 0 bridgehead atoms. The lowest BCUT2D eigenvalue weighted by molar-refractivity contribution is 0.100. The molecule has 28 heavy (non-hydrogen) atoms. The summed E-state index contributed by atoms with van der Waals surface area (Å²) in [5, 5.41) is 8.96. The first-order valence-corrected chi connectivity index (χ1v) is 9.94. The Balaban J connectivity index is 1.60. The molecule has 3 aromatic rings. The van der Waals surface area contributed by atoms with E-state index in [1.54, 1.807) is 6.07 Å². The van der Waals surface area contributed by atoms with Gasteiger partial charge in [-0.15, -0.1) is 0 Å². The third-order valence-electron chi connectivity index (χ3n) is 5.55. The molecule has 0 unspecified atom stereocenters. The Morgan fingerprint density at radius 2 is 1.96 bits per heavy atom. The van der Waals surface area contributed by atoms with Crippen molar-refractivity contribution >= 4 is 22.5 Å². The standard InChI is InChI=1S/C22H27N5O/c1-26-21-8-6-16(13-18(21)15-25-26)19-14-17(22(23)28)5-7-20(19)24-9-12-27-10-3-2-4-11-27/h5-8,13-15,24H,2-4,9-12H2,1H3,(H2,23,28). The molecule has 6 nitrogen and oxygen atoms in total. The number of piperidine rings is 1. The second-order valence-corrected chi connectivity index (χ2v) is 7.50. The summed E-state index contributed by atoms with van der Waals surface area (Å²) in [7, 11) is 1.93. The zero-order valence-electron chi connectivity index (χ0n) is 16.3. The minimum atomic E-state index is -0.413. The van der Waals surface area contributed by atoms with E-state index >= 15 is 0 Å². The fourth-order valence-corrected chi connectivity index (χ4v) is 3.95. The monoisotopic (exact) mass is 377 g/mol. The number of aryl methyl sites for hydroxylation is 1. The largest absolute Gasteiger partial charge is 0.383 e. The number of likely N-dealkylation sites (tertiary alicyclic amines) is 1. The SMILES string of the molecule is Cn1ncc2cc(-c3cc(C(N)=O)ccc3NCCN3CCCCC3)ccc21. The first-order chi connectivity index (χ1) is 13.6. The lowest BCUT2D eigenvalue weighted by Crippen LogP contribution is -2.33. The van der Waals surface area contributed by atoms with Crippen LogP contribution in [0.5, 0.6) is 0 Å². The molecule has 0 radical (unpaired) electrons. The molecule has 3 N–H and O–H groups in total. The van der Waals surface area contributed by atoms with E-state index in [0.717, 1.165) is 40.8 Å². The number of rotatable bonds is 6. The third kappa shape index (κ3) is 3.87. The first kappa shape index (κ1) is 18.5. The van der Waals surface area contributed by atoms with Crippen molar-refractivity contribution in [2.24, 2.45) is 12.8 Å². The lowest BCUT2D eigenvalue weighted by atomic mass is 9.99. The van der Waals surface area contributed by atoms with E-state index in [2.05, 4.69) is 33.5 Å². The van der Waals surface area contributed by atoms with Crippen LogP contribution in [0.3, 0.4) is 0 Å². The van der Waals surface area contributed by atoms with E-state index in [0.29, 0.717) is 5.56 Å². The second-order valence-electron chi connectivity index (χ2n) is 7.50. The number of hydrogen-bond acceptors (Lipinski definition) is 4. The number of primary amides is 1. The minimum absolute atomic E-state index is 0.413. The predicted molar refractivity (Wildman–Crippen MR) is 113 cm³/mol. The lowest BCUT2D eigenvalue weighted by Gasteiger charge is -2.26. The van der Waals surface area contributed by atoms with Crippen molar-refractivity contribution in [2.75, 3.05) is 31.5 Å². The van der Waals surface area contributed by atoms with Gasteiger partial charge >= 0.3 is 0 Å². The van der Waals surface area contributed by atoms with E-state index in [1.807, 2.05) is 30.1 Å². The average molecular weight is 377 g/mol. The maximum Gasteiger partial charge on any atom is 0.248 e. The molecule has 0 saturated carbocycles. The molecule has 0 aliphatic carbocycles. The van der Waals surface area contributed by atoms with Gasteiger partial charge in [0, 0.05) is 42.3 Å². The first-order valence-electron chi connectivity index (χ1n) is 9.94. The van der Waals surface area contributed by atoms with Crippen molar-refractivity contribution in [1.29, 1.82) is 0 Å². The molecule has 2 heterocycles. The molecule has 6 heteroatoms. The molecular formula is C22H27N5O. The van der Waals surface area contributed by atoms with E-state index in [1.165, 1.54) is 32.4 Å². The van der Waals surface area contributed by atoms with Crippen molar-refractivity contribution in [3.63, 3.8) is 0 Å². The molecule has 0 atom stereocenters. The van der Waals surface area contributed by atoms with Gasteiger partial charge in [-0.3, -0.25) is 9.48 Å². The summed E-state index contributed by atoms with van der Waals surface area (Å²) in [5.41, 5.74) is 10.2. The second kappa shape index (κ2) is 8.02. The molecular weight excluding hydrogens is 350 g/mol. The van der Waals surface area contributed by atoms with Gasteiger partial charge in [-0.1, -0.05) is 12.5 Å². The van der Waals surface area contributed by atoms with Crippen LogP contribution < -0.4 is 11.1 Å².